The van der Waals surface area contributed by atoms with Crippen molar-refractivity contribution in [2.75, 3.05) is 13.2 Å². The molecule has 3 N–H and O–H groups in total. The van der Waals surface area contributed by atoms with Crippen LogP contribution in [0.1, 0.15) is 44.7 Å². The SMILES string of the molecule is CCCCOc1ccc(C(N)CC(=O)O)cc1OCC. The molecule has 20 heavy (non-hydrogen) atoms. The fourth-order valence-electron chi connectivity index (χ4n) is 1.78. The third-order valence-corrected chi connectivity index (χ3v) is 2.85. The molecule has 0 saturated carbocycles. The molecule has 5 nitrogen and oxygen atoms in total. The van der Waals surface area contributed by atoms with Gasteiger partial charge in [-0.2, -0.15) is 0 Å². The van der Waals surface area contributed by atoms with Crippen LogP contribution in [-0.2, 0) is 4.79 Å². The topological polar surface area (TPSA) is 81.8 Å². The lowest BCUT2D eigenvalue weighted by Crippen LogP contribution is -2.15. The van der Waals surface area contributed by atoms with Gasteiger partial charge in [0, 0.05) is 6.04 Å². The molecule has 0 fully saturated rings. The fraction of sp³-hybridized carbons (Fsp3) is 0.533. The summed E-state index contributed by atoms with van der Waals surface area (Å²) in [5, 5.41) is 8.78. The van der Waals surface area contributed by atoms with Crippen LogP contribution in [-0.4, -0.2) is 24.3 Å². The second-order valence-electron chi connectivity index (χ2n) is 4.55. The molecule has 0 aliphatic carbocycles. The highest BCUT2D eigenvalue weighted by Crippen LogP contribution is 2.31. The van der Waals surface area contributed by atoms with Crippen LogP contribution in [0.2, 0.25) is 0 Å². The molecule has 1 rings (SSSR count). The number of unbranched alkanes of at least 4 members (excludes halogenated alkanes) is 1. The summed E-state index contributed by atoms with van der Waals surface area (Å²) in [7, 11) is 0. The Morgan fingerprint density at radius 3 is 2.65 bits per heavy atom. The average Bonchev–Trinajstić information content (AvgIpc) is 2.40. The van der Waals surface area contributed by atoms with E-state index in [4.69, 9.17) is 20.3 Å². The number of carboxylic acid groups (broad SMARTS) is 1. The molecule has 0 radical (unpaired) electrons. The van der Waals surface area contributed by atoms with Crippen LogP contribution in [0.4, 0.5) is 0 Å². The van der Waals surface area contributed by atoms with Crippen molar-refractivity contribution in [2.45, 2.75) is 39.2 Å². The Bertz CT molecular complexity index is 434. The van der Waals surface area contributed by atoms with Crippen molar-refractivity contribution < 1.29 is 19.4 Å². The second-order valence-corrected chi connectivity index (χ2v) is 4.55. The number of aliphatic carboxylic acids is 1. The van der Waals surface area contributed by atoms with Gasteiger partial charge in [0.1, 0.15) is 0 Å². The molecular formula is C15H23NO4. The molecule has 0 bridgehead atoms. The fourth-order valence-corrected chi connectivity index (χ4v) is 1.78. The van der Waals surface area contributed by atoms with E-state index >= 15 is 0 Å². The molecule has 0 heterocycles. The van der Waals surface area contributed by atoms with Crippen LogP contribution in [0, 0.1) is 0 Å². The van der Waals surface area contributed by atoms with Crippen molar-refractivity contribution in [1.29, 1.82) is 0 Å². The molecule has 112 valence electrons. The summed E-state index contributed by atoms with van der Waals surface area (Å²) in [6, 6.07) is 4.80. The van der Waals surface area contributed by atoms with E-state index in [1.54, 1.807) is 18.2 Å². The molecular weight excluding hydrogens is 258 g/mol. The van der Waals surface area contributed by atoms with Crippen molar-refractivity contribution in [3.8, 4) is 11.5 Å². The third-order valence-electron chi connectivity index (χ3n) is 2.85. The molecule has 1 atom stereocenters. The van der Waals surface area contributed by atoms with Crippen LogP contribution < -0.4 is 15.2 Å². The molecule has 0 aromatic heterocycles. The van der Waals surface area contributed by atoms with E-state index in [2.05, 4.69) is 6.92 Å². The summed E-state index contributed by atoms with van der Waals surface area (Å²) in [5.41, 5.74) is 6.59. The van der Waals surface area contributed by atoms with Crippen LogP contribution in [0.15, 0.2) is 18.2 Å². The second kappa shape index (κ2) is 8.43. The van der Waals surface area contributed by atoms with Crippen LogP contribution in [0.5, 0.6) is 11.5 Å². The Morgan fingerprint density at radius 1 is 1.30 bits per heavy atom. The zero-order valence-corrected chi connectivity index (χ0v) is 12.1. The summed E-state index contributed by atoms with van der Waals surface area (Å²) in [4.78, 5) is 10.7. The Balaban J connectivity index is 2.84. The smallest absolute Gasteiger partial charge is 0.305 e. The van der Waals surface area contributed by atoms with E-state index in [0.29, 0.717) is 24.7 Å². The molecule has 1 aromatic carbocycles. The molecule has 1 aromatic rings. The van der Waals surface area contributed by atoms with Crippen LogP contribution in [0.3, 0.4) is 0 Å². The average molecular weight is 281 g/mol. The molecule has 0 amide bonds. The maximum absolute atomic E-state index is 10.7. The Kier molecular flexibility index (Phi) is 6.87. The van der Waals surface area contributed by atoms with Crippen LogP contribution in [0.25, 0.3) is 0 Å². The lowest BCUT2D eigenvalue weighted by atomic mass is 10.0. The number of carbonyl (C=O) groups is 1. The number of hydrogen-bond donors (Lipinski definition) is 2. The van der Waals surface area contributed by atoms with Crippen LogP contribution >= 0.6 is 0 Å². The minimum absolute atomic E-state index is 0.110. The van der Waals surface area contributed by atoms with Crippen molar-refractivity contribution in [3.63, 3.8) is 0 Å². The van der Waals surface area contributed by atoms with Gasteiger partial charge in [-0.3, -0.25) is 4.79 Å². The molecule has 0 aliphatic rings. The number of benzene rings is 1. The summed E-state index contributed by atoms with van der Waals surface area (Å²) in [6.07, 6.45) is 1.93. The van der Waals surface area contributed by atoms with E-state index in [0.717, 1.165) is 18.4 Å². The van der Waals surface area contributed by atoms with E-state index in [1.165, 1.54) is 0 Å². The van der Waals surface area contributed by atoms with Gasteiger partial charge in [0.05, 0.1) is 19.6 Å². The van der Waals surface area contributed by atoms with E-state index in [9.17, 15) is 4.79 Å². The van der Waals surface area contributed by atoms with Gasteiger partial charge < -0.3 is 20.3 Å². The first-order chi connectivity index (χ1) is 9.58. The first-order valence-electron chi connectivity index (χ1n) is 6.95. The number of nitrogens with two attached hydrogens (primary N) is 1. The largest absolute Gasteiger partial charge is 0.490 e. The summed E-state index contributed by atoms with van der Waals surface area (Å²) in [5.74, 6) is 0.368. The van der Waals surface area contributed by atoms with Gasteiger partial charge in [0.15, 0.2) is 11.5 Å². The van der Waals surface area contributed by atoms with Gasteiger partial charge in [-0.05, 0) is 31.0 Å². The molecule has 0 spiro atoms. The van der Waals surface area contributed by atoms with Gasteiger partial charge in [-0.25, -0.2) is 0 Å². The highest BCUT2D eigenvalue weighted by molar-refractivity contribution is 5.68. The first kappa shape index (κ1) is 16.3. The lowest BCUT2D eigenvalue weighted by Gasteiger charge is -2.15. The molecule has 0 aliphatic heterocycles. The monoisotopic (exact) mass is 281 g/mol. The van der Waals surface area contributed by atoms with E-state index < -0.39 is 12.0 Å². The lowest BCUT2D eigenvalue weighted by molar-refractivity contribution is -0.137. The standard InChI is InChI=1S/C15H23NO4/c1-3-5-8-20-13-7-6-11(9-14(13)19-4-2)12(16)10-15(17)18/h6-7,9,12H,3-5,8,10,16H2,1-2H3,(H,17,18). The minimum Gasteiger partial charge on any atom is -0.490 e. The minimum atomic E-state index is -0.918. The Labute approximate surface area is 119 Å². The highest BCUT2D eigenvalue weighted by atomic mass is 16.5. The number of hydrogen-bond acceptors (Lipinski definition) is 4. The maximum atomic E-state index is 10.7. The van der Waals surface area contributed by atoms with Crippen molar-refractivity contribution in [2.24, 2.45) is 5.73 Å². The normalized spacial score (nSPS) is 11.9. The maximum Gasteiger partial charge on any atom is 0.305 e. The number of rotatable bonds is 9. The Hall–Kier alpha value is -1.75. The number of carboxylic acids is 1. The Morgan fingerprint density at radius 2 is 2.05 bits per heavy atom. The van der Waals surface area contributed by atoms with Gasteiger partial charge in [0.25, 0.3) is 0 Å². The van der Waals surface area contributed by atoms with E-state index in [-0.39, 0.29) is 6.42 Å². The predicted octanol–water partition coefficient (Wildman–Crippen LogP) is 2.74. The van der Waals surface area contributed by atoms with Gasteiger partial charge >= 0.3 is 5.97 Å². The molecule has 5 heteroatoms. The van der Waals surface area contributed by atoms with Gasteiger partial charge in [-0.15, -0.1) is 0 Å². The highest BCUT2D eigenvalue weighted by Gasteiger charge is 2.14. The van der Waals surface area contributed by atoms with Crippen molar-refractivity contribution in [1.82, 2.24) is 0 Å². The van der Waals surface area contributed by atoms with Gasteiger partial charge in [0.2, 0.25) is 0 Å². The molecule has 1 unspecified atom stereocenters. The summed E-state index contributed by atoms with van der Waals surface area (Å²) >= 11 is 0. The van der Waals surface area contributed by atoms with Crippen molar-refractivity contribution >= 4 is 5.97 Å². The van der Waals surface area contributed by atoms with E-state index in [1.807, 2.05) is 6.92 Å². The quantitative estimate of drug-likeness (QED) is 0.680. The third kappa shape index (κ3) is 5.09. The predicted molar refractivity (Wildman–Crippen MR) is 77.2 cm³/mol. The van der Waals surface area contributed by atoms with Gasteiger partial charge in [-0.1, -0.05) is 19.4 Å². The first-order valence-corrected chi connectivity index (χ1v) is 6.95. The summed E-state index contributed by atoms with van der Waals surface area (Å²) < 4.78 is 11.2. The zero-order chi connectivity index (χ0) is 15.0. The summed E-state index contributed by atoms with van der Waals surface area (Å²) in [6.45, 7) is 5.14. The number of ether oxygens (including phenoxy) is 2. The zero-order valence-electron chi connectivity index (χ0n) is 12.1. The molecule has 0 saturated heterocycles. The van der Waals surface area contributed by atoms with Crippen molar-refractivity contribution in [3.05, 3.63) is 23.8 Å².